The Morgan fingerprint density at radius 3 is 3.17 bits per heavy atom. The van der Waals surface area contributed by atoms with Crippen LogP contribution in [0.5, 0.6) is 5.88 Å². The van der Waals surface area contributed by atoms with Gasteiger partial charge in [-0.25, -0.2) is 4.98 Å². The van der Waals surface area contributed by atoms with E-state index in [1.165, 1.54) is 0 Å². The summed E-state index contributed by atoms with van der Waals surface area (Å²) in [5.74, 6) is 1.12. The Labute approximate surface area is 76.8 Å². The second kappa shape index (κ2) is 4.78. The molecular weight excluding hydrogens is 174 g/mol. The van der Waals surface area contributed by atoms with Gasteiger partial charge in [-0.2, -0.15) is 0 Å². The lowest BCUT2D eigenvalue weighted by Gasteiger charge is -2.00. The van der Waals surface area contributed by atoms with E-state index in [4.69, 9.17) is 16.3 Å². The molecule has 1 rings (SSSR count). The van der Waals surface area contributed by atoms with Crippen LogP contribution in [0.3, 0.4) is 0 Å². The average molecular weight is 184 g/mol. The molecule has 0 aliphatic carbocycles. The largest absolute Gasteiger partial charge is 0.481 e. The van der Waals surface area contributed by atoms with E-state index in [9.17, 15) is 0 Å². The van der Waals surface area contributed by atoms with Crippen LogP contribution in [0.4, 0.5) is 0 Å². The maximum absolute atomic E-state index is 5.50. The maximum Gasteiger partial charge on any atom is 0.220 e. The first-order valence-electron chi connectivity index (χ1n) is 3.60. The molecule has 1 aromatic rings. The summed E-state index contributed by atoms with van der Waals surface area (Å²) in [7, 11) is 1.60. The molecule has 3 heteroatoms. The van der Waals surface area contributed by atoms with E-state index >= 15 is 0 Å². The lowest BCUT2D eigenvalue weighted by atomic mass is 10.2. The molecule has 1 heterocycles. The van der Waals surface area contributed by atoms with Gasteiger partial charge in [-0.05, 0) is 12.1 Å². The normalized spacial score (nSPS) is 10.5. The van der Waals surface area contributed by atoms with E-state index in [0.717, 1.165) is 5.56 Å². The molecule has 0 amide bonds. The Bertz CT molecular complexity index is 273. The third-order valence-corrected chi connectivity index (χ3v) is 1.56. The highest BCUT2D eigenvalue weighted by Crippen LogP contribution is 2.14. The third-order valence-electron chi connectivity index (χ3n) is 1.38. The quantitative estimate of drug-likeness (QED) is 0.672. The first-order valence-corrected chi connectivity index (χ1v) is 4.13. The van der Waals surface area contributed by atoms with Crippen molar-refractivity contribution in [2.45, 2.75) is 0 Å². The fourth-order valence-electron chi connectivity index (χ4n) is 0.872. The van der Waals surface area contributed by atoms with Gasteiger partial charge in [-0.1, -0.05) is 12.2 Å². The van der Waals surface area contributed by atoms with Crippen molar-refractivity contribution in [3.8, 4) is 5.88 Å². The maximum atomic E-state index is 5.50. The number of alkyl halides is 1. The van der Waals surface area contributed by atoms with E-state index in [-0.39, 0.29) is 0 Å². The minimum atomic E-state index is 0.498. The van der Waals surface area contributed by atoms with Gasteiger partial charge in [0.25, 0.3) is 0 Å². The van der Waals surface area contributed by atoms with Crippen LogP contribution in [-0.2, 0) is 0 Å². The zero-order chi connectivity index (χ0) is 8.81. The van der Waals surface area contributed by atoms with Crippen molar-refractivity contribution in [2.24, 2.45) is 0 Å². The molecule has 1 aromatic heterocycles. The van der Waals surface area contributed by atoms with Crippen molar-refractivity contribution in [3.05, 3.63) is 30.0 Å². The van der Waals surface area contributed by atoms with Gasteiger partial charge in [-0.3, -0.25) is 0 Å². The van der Waals surface area contributed by atoms with Gasteiger partial charge >= 0.3 is 0 Å². The Morgan fingerprint density at radius 2 is 2.50 bits per heavy atom. The Morgan fingerprint density at radius 1 is 1.67 bits per heavy atom. The Kier molecular flexibility index (Phi) is 3.61. The number of methoxy groups -OCH3 is 1. The van der Waals surface area contributed by atoms with Crippen molar-refractivity contribution in [2.75, 3.05) is 13.0 Å². The fraction of sp³-hybridized carbons (Fsp3) is 0.222. The van der Waals surface area contributed by atoms with Gasteiger partial charge in [0.05, 0.1) is 7.11 Å². The second-order valence-electron chi connectivity index (χ2n) is 2.16. The smallest absolute Gasteiger partial charge is 0.220 e. The molecule has 64 valence electrons. The molecule has 0 N–H and O–H groups in total. The van der Waals surface area contributed by atoms with Crippen molar-refractivity contribution in [3.63, 3.8) is 0 Å². The van der Waals surface area contributed by atoms with Gasteiger partial charge < -0.3 is 4.74 Å². The van der Waals surface area contributed by atoms with Crippen molar-refractivity contribution in [1.82, 2.24) is 4.98 Å². The lowest BCUT2D eigenvalue weighted by molar-refractivity contribution is 0.397. The van der Waals surface area contributed by atoms with Gasteiger partial charge in [0.1, 0.15) is 0 Å². The number of rotatable bonds is 3. The molecule has 0 radical (unpaired) electrons. The summed E-state index contributed by atoms with van der Waals surface area (Å²) in [6.45, 7) is 0. The fourth-order valence-corrected chi connectivity index (χ4v) is 0.961. The SMILES string of the molecule is COc1ncccc1/C=C/CCl. The first-order chi connectivity index (χ1) is 5.88. The molecular formula is C9H10ClNO. The number of nitrogens with zero attached hydrogens (tertiary/aromatic N) is 1. The molecule has 12 heavy (non-hydrogen) atoms. The van der Waals surface area contributed by atoms with Crippen molar-refractivity contribution < 1.29 is 4.74 Å². The monoisotopic (exact) mass is 183 g/mol. The van der Waals surface area contributed by atoms with Crippen molar-refractivity contribution >= 4 is 17.7 Å². The van der Waals surface area contributed by atoms with Crippen LogP contribution < -0.4 is 4.74 Å². The van der Waals surface area contributed by atoms with E-state index < -0.39 is 0 Å². The third kappa shape index (κ3) is 2.24. The number of hydrogen-bond donors (Lipinski definition) is 0. The van der Waals surface area contributed by atoms with E-state index in [0.29, 0.717) is 11.8 Å². The summed E-state index contributed by atoms with van der Waals surface area (Å²) in [5, 5.41) is 0. The highest BCUT2D eigenvalue weighted by Gasteiger charge is 1.96. The van der Waals surface area contributed by atoms with E-state index in [1.54, 1.807) is 13.3 Å². The zero-order valence-electron chi connectivity index (χ0n) is 6.83. The number of halogens is 1. The van der Waals surface area contributed by atoms with Crippen LogP contribution >= 0.6 is 11.6 Å². The molecule has 0 spiro atoms. The summed E-state index contributed by atoms with van der Waals surface area (Å²) in [4.78, 5) is 4.03. The zero-order valence-corrected chi connectivity index (χ0v) is 7.58. The molecule has 0 unspecified atom stereocenters. The van der Waals surface area contributed by atoms with Crippen LogP contribution in [0.15, 0.2) is 24.4 Å². The predicted molar refractivity (Wildman–Crippen MR) is 50.5 cm³/mol. The van der Waals surface area contributed by atoms with E-state index in [1.807, 2.05) is 24.3 Å². The lowest BCUT2D eigenvalue weighted by Crippen LogP contribution is -1.89. The topological polar surface area (TPSA) is 22.1 Å². The minimum Gasteiger partial charge on any atom is -0.481 e. The standard InChI is InChI=1S/C9H10ClNO/c1-12-9-8(4-2-6-10)5-3-7-11-9/h2-5,7H,6H2,1H3/b4-2+. The molecule has 0 saturated carbocycles. The summed E-state index contributed by atoms with van der Waals surface area (Å²) in [6, 6.07) is 3.78. The Balaban J connectivity index is 2.89. The predicted octanol–water partition coefficient (Wildman–Crippen LogP) is 2.34. The summed E-state index contributed by atoms with van der Waals surface area (Å²) < 4.78 is 5.04. The van der Waals surface area contributed by atoms with Crippen LogP contribution in [0.25, 0.3) is 6.08 Å². The summed E-state index contributed by atoms with van der Waals surface area (Å²) in [6.07, 6.45) is 5.43. The van der Waals surface area contributed by atoms with Crippen LogP contribution in [0, 0.1) is 0 Å². The molecule has 0 aromatic carbocycles. The van der Waals surface area contributed by atoms with Crippen molar-refractivity contribution in [1.29, 1.82) is 0 Å². The Hall–Kier alpha value is -1.02. The van der Waals surface area contributed by atoms with Gasteiger partial charge in [0.15, 0.2) is 0 Å². The molecule has 0 atom stereocenters. The highest BCUT2D eigenvalue weighted by atomic mass is 35.5. The first kappa shape index (κ1) is 9.07. The average Bonchev–Trinajstić information content (AvgIpc) is 2.15. The summed E-state index contributed by atoms with van der Waals surface area (Å²) >= 11 is 5.50. The molecule has 2 nitrogen and oxygen atoms in total. The van der Waals surface area contributed by atoms with Gasteiger partial charge in [0, 0.05) is 17.6 Å². The number of ether oxygens (including phenoxy) is 1. The second-order valence-corrected chi connectivity index (χ2v) is 2.47. The molecule has 0 aliphatic heterocycles. The number of aromatic nitrogens is 1. The molecule has 0 fully saturated rings. The summed E-state index contributed by atoms with van der Waals surface area (Å²) in [5.41, 5.74) is 0.945. The van der Waals surface area contributed by atoms with Crippen LogP contribution in [0.2, 0.25) is 0 Å². The number of hydrogen-bond acceptors (Lipinski definition) is 2. The van der Waals surface area contributed by atoms with E-state index in [2.05, 4.69) is 4.98 Å². The number of allylic oxidation sites excluding steroid dienone is 1. The van der Waals surface area contributed by atoms with Gasteiger partial charge in [-0.15, -0.1) is 11.6 Å². The van der Waals surface area contributed by atoms with Crippen LogP contribution in [0.1, 0.15) is 5.56 Å². The molecule has 0 bridgehead atoms. The van der Waals surface area contributed by atoms with Gasteiger partial charge in [0.2, 0.25) is 5.88 Å². The highest BCUT2D eigenvalue weighted by molar-refractivity contribution is 6.19. The number of pyridine rings is 1. The molecule has 0 saturated heterocycles. The molecule has 0 aliphatic rings. The van der Waals surface area contributed by atoms with Crippen LogP contribution in [-0.4, -0.2) is 18.0 Å². The minimum absolute atomic E-state index is 0.498.